The van der Waals surface area contributed by atoms with Gasteiger partial charge < -0.3 is 10.6 Å². The number of aromatic nitrogens is 2. The van der Waals surface area contributed by atoms with E-state index in [1.165, 1.54) is 12.8 Å². The van der Waals surface area contributed by atoms with Gasteiger partial charge in [-0.15, -0.1) is 0 Å². The number of hydrogen-bond donors (Lipinski definition) is 2. The van der Waals surface area contributed by atoms with Crippen molar-refractivity contribution in [3.63, 3.8) is 0 Å². The largest absolute Gasteiger partial charge is 0.370 e. The molecule has 1 heterocycles. The number of rotatable bonds is 7. The Morgan fingerprint density at radius 1 is 1.08 bits per heavy atom. The number of hydrogen-bond acceptors (Lipinski definition) is 4. The summed E-state index contributed by atoms with van der Waals surface area (Å²) < 4.78 is 0. The Labute approximate surface area is 150 Å². The summed E-state index contributed by atoms with van der Waals surface area (Å²) in [7, 11) is 0. The summed E-state index contributed by atoms with van der Waals surface area (Å²) >= 11 is 0. The fraction of sp³-hybridized carbons (Fsp3) is 0.450. The quantitative estimate of drug-likeness (QED) is 0.739. The van der Waals surface area contributed by atoms with Gasteiger partial charge in [0.15, 0.2) is 5.82 Å². The highest BCUT2D eigenvalue weighted by Crippen LogP contribution is 2.18. The molecule has 5 nitrogen and oxygen atoms in total. The third kappa shape index (κ3) is 6.18. The average Bonchev–Trinajstić information content (AvgIpc) is 2.58. The first kappa shape index (κ1) is 18.9. The molecule has 0 fully saturated rings. The standard InChI is InChI=1S/C20H28N4O/c1-5-6-10-13-21-17-14-16(19(25)24-20(2,3)4)22-18(23-17)15-11-8-7-9-12-15/h7-9,11-12,14H,5-6,10,13H2,1-4H3,(H,24,25)(H,21,22,23). The maximum absolute atomic E-state index is 12.5. The molecule has 0 atom stereocenters. The van der Waals surface area contributed by atoms with E-state index in [0.29, 0.717) is 17.3 Å². The Morgan fingerprint density at radius 2 is 1.80 bits per heavy atom. The van der Waals surface area contributed by atoms with Crippen LogP contribution in [0, 0.1) is 0 Å². The Morgan fingerprint density at radius 3 is 2.44 bits per heavy atom. The fourth-order valence-electron chi connectivity index (χ4n) is 2.37. The molecule has 1 aromatic heterocycles. The topological polar surface area (TPSA) is 66.9 Å². The molecule has 2 aromatic rings. The van der Waals surface area contributed by atoms with Gasteiger partial charge in [0.05, 0.1) is 0 Å². The lowest BCUT2D eigenvalue weighted by Gasteiger charge is -2.20. The molecule has 0 saturated carbocycles. The number of anilines is 1. The van der Waals surface area contributed by atoms with Crippen molar-refractivity contribution in [3.05, 3.63) is 42.1 Å². The minimum absolute atomic E-state index is 0.191. The number of nitrogens with zero attached hydrogens (tertiary/aromatic N) is 2. The minimum Gasteiger partial charge on any atom is -0.370 e. The Bertz CT molecular complexity index is 693. The zero-order valence-electron chi connectivity index (χ0n) is 15.6. The van der Waals surface area contributed by atoms with Gasteiger partial charge in [-0.25, -0.2) is 9.97 Å². The van der Waals surface area contributed by atoms with Crippen molar-refractivity contribution in [1.29, 1.82) is 0 Å². The van der Waals surface area contributed by atoms with Crippen molar-refractivity contribution in [2.45, 2.75) is 52.5 Å². The molecule has 0 aliphatic carbocycles. The van der Waals surface area contributed by atoms with Crippen LogP contribution in [0.4, 0.5) is 5.82 Å². The normalized spacial score (nSPS) is 11.2. The summed E-state index contributed by atoms with van der Waals surface area (Å²) in [5.41, 5.74) is 0.954. The van der Waals surface area contributed by atoms with E-state index in [0.717, 1.165) is 18.5 Å². The molecule has 1 aromatic carbocycles. The van der Waals surface area contributed by atoms with Crippen molar-refractivity contribution in [2.24, 2.45) is 0 Å². The van der Waals surface area contributed by atoms with Crippen molar-refractivity contribution >= 4 is 11.7 Å². The predicted molar refractivity (Wildman–Crippen MR) is 103 cm³/mol. The summed E-state index contributed by atoms with van der Waals surface area (Å²) in [6.07, 6.45) is 3.41. The highest BCUT2D eigenvalue weighted by atomic mass is 16.2. The second kappa shape index (κ2) is 8.60. The highest BCUT2D eigenvalue weighted by molar-refractivity contribution is 5.93. The van der Waals surface area contributed by atoms with Crippen LogP contribution in [0.25, 0.3) is 11.4 Å². The van der Waals surface area contributed by atoms with Crippen LogP contribution < -0.4 is 10.6 Å². The first-order valence-corrected chi connectivity index (χ1v) is 8.90. The lowest BCUT2D eigenvalue weighted by molar-refractivity contribution is 0.0914. The van der Waals surface area contributed by atoms with Crippen molar-refractivity contribution < 1.29 is 4.79 Å². The van der Waals surface area contributed by atoms with E-state index in [1.807, 2.05) is 51.1 Å². The molecule has 2 N–H and O–H groups in total. The summed E-state index contributed by atoms with van der Waals surface area (Å²) in [5, 5.41) is 6.28. The van der Waals surface area contributed by atoms with Gasteiger partial charge in [0, 0.05) is 23.7 Å². The predicted octanol–water partition coefficient (Wildman–Crippen LogP) is 4.27. The first-order chi connectivity index (χ1) is 11.9. The Kier molecular flexibility index (Phi) is 6.51. The van der Waals surface area contributed by atoms with E-state index in [-0.39, 0.29) is 11.4 Å². The summed E-state index contributed by atoms with van der Waals surface area (Å²) in [5.74, 6) is 1.05. The van der Waals surface area contributed by atoms with Gasteiger partial charge in [-0.05, 0) is 27.2 Å². The lowest BCUT2D eigenvalue weighted by atomic mass is 10.1. The lowest BCUT2D eigenvalue weighted by Crippen LogP contribution is -2.41. The van der Waals surface area contributed by atoms with E-state index in [4.69, 9.17) is 0 Å². The molecular formula is C20H28N4O. The molecule has 0 unspecified atom stereocenters. The van der Waals surface area contributed by atoms with E-state index >= 15 is 0 Å². The zero-order chi connectivity index (χ0) is 18.3. The second-order valence-corrected chi connectivity index (χ2v) is 7.17. The third-order valence-electron chi connectivity index (χ3n) is 3.57. The summed E-state index contributed by atoms with van der Waals surface area (Å²) in [6, 6.07) is 11.4. The van der Waals surface area contributed by atoms with Gasteiger partial charge in [0.1, 0.15) is 11.5 Å². The van der Waals surface area contributed by atoms with Crippen LogP contribution in [0.1, 0.15) is 57.4 Å². The molecule has 5 heteroatoms. The van der Waals surface area contributed by atoms with Crippen LogP contribution in [0.5, 0.6) is 0 Å². The third-order valence-corrected chi connectivity index (χ3v) is 3.57. The number of carbonyl (C=O) groups excluding carboxylic acids is 1. The molecule has 0 bridgehead atoms. The molecule has 25 heavy (non-hydrogen) atoms. The van der Waals surface area contributed by atoms with Crippen molar-refractivity contribution in [2.75, 3.05) is 11.9 Å². The maximum atomic E-state index is 12.5. The second-order valence-electron chi connectivity index (χ2n) is 7.17. The molecule has 0 radical (unpaired) electrons. The number of carbonyl (C=O) groups is 1. The van der Waals surface area contributed by atoms with Crippen LogP contribution in [0.2, 0.25) is 0 Å². The Balaban J connectivity index is 2.29. The van der Waals surface area contributed by atoms with Gasteiger partial charge in [0.25, 0.3) is 5.91 Å². The fourth-order valence-corrected chi connectivity index (χ4v) is 2.37. The van der Waals surface area contributed by atoms with Gasteiger partial charge in [-0.3, -0.25) is 4.79 Å². The molecule has 0 spiro atoms. The van der Waals surface area contributed by atoms with Crippen LogP contribution in [-0.4, -0.2) is 28.0 Å². The first-order valence-electron chi connectivity index (χ1n) is 8.90. The Hall–Kier alpha value is -2.43. The summed E-state index contributed by atoms with van der Waals surface area (Å²) in [4.78, 5) is 21.6. The van der Waals surface area contributed by atoms with Gasteiger partial charge in [-0.2, -0.15) is 0 Å². The monoisotopic (exact) mass is 340 g/mol. The maximum Gasteiger partial charge on any atom is 0.270 e. The molecule has 0 aliphatic rings. The zero-order valence-corrected chi connectivity index (χ0v) is 15.6. The number of benzene rings is 1. The molecule has 2 rings (SSSR count). The van der Waals surface area contributed by atoms with Crippen LogP contribution in [-0.2, 0) is 0 Å². The van der Waals surface area contributed by atoms with Crippen LogP contribution >= 0.6 is 0 Å². The summed E-state index contributed by atoms with van der Waals surface area (Å²) in [6.45, 7) is 8.86. The number of unbranched alkanes of at least 4 members (excludes halogenated alkanes) is 2. The minimum atomic E-state index is -0.316. The molecule has 1 amide bonds. The highest BCUT2D eigenvalue weighted by Gasteiger charge is 2.18. The van der Waals surface area contributed by atoms with Gasteiger partial charge >= 0.3 is 0 Å². The molecule has 134 valence electrons. The van der Waals surface area contributed by atoms with Crippen LogP contribution in [0.15, 0.2) is 36.4 Å². The van der Waals surface area contributed by atoms with E-state index < -0.39 is 0 Å². The molecular weight excluding hydrogens is 312 g/mol. The smallest absolute Gasteiger partial charge is 0.270 e. The van der Waals surface area contributed by atoms with Gasteiger partial charge in [0.2, 0.25) is 0 Å². The number of amides is 1. The average molecular weight is 340 g/mol. The van der Waals surface area contributed by atoms with Crippen molar-refractivity contribution in [1.82, 2.24) is 15.3 Å². The molecule has 0 saturated heterocycles. The molecule has 0 aliphatic heterocycles. The van der Waals surface area contributed by atoms with Gasteiger partial charge in [-0.1, -0.05) is 50.1 Å². The van der Waals surface area contributed by atoms with E-state index in [9.17, 15) is 4.79 Å². The van der Waals surface area contributed by atoms with E-state index in [2.05, 4.69) is 27.5 Å². The number of nitrogens with one attached hydrogen (secondary N) is 2. The van der Waals surface area contributed by atoms with Crippen molar-refractivity contribution in [3.8, 4) is 11.4 Å². The SMILES string of the molecule is CCCCCNc1cc(C(=O)NC(C)(C)C)nc(-c2ccccc2)n1. The van der Waals surface area contributed by atoms with Crippen LogP contribution in [0.3, 0.4) is 0 Å². The van der Waals surface area contributed by atoms with E-state index in [1.54, 1.807) is 6.07 Å².